The molecule has 0 unspecified atom stereocenters. The first-order chi connectivity index (χ1) is 8.31. The van der Waals surface area contributed by atoms with Crippen molar-refractivity contribution in [3.63, 3.8) is 0 Å². The molecule has 0 saturated carbocycles. The summed E-state index contributed by atoms with van der Waals surface area (Å²) in [5, 5.41) is 4.11. The number of fused-ring (bicyclic) bond motifs is 1. The third-order valence-corrected chi connectivity index (χ3v) is 3.35. The number of rotatable bonds is 3. The number of hydrogen-bond donors (Lipinski definition) is 1. The van der Waals surface area contributed by atoms with E-state index in [2.05, 4.69) is 21.4 Å². The van der Waals surface area contributed by atoms with Crippen LogP contribution in [0.2, 0.25) is 0 Å². The summed E-state index contributed by atoms with van der Waals surface area (Å²) in [5.41, 5.74) is 1.02. The molecule has 0 aliphatic heterocycles. The molecule has 3 rings (SSSR count). The molecule has 4 nitrogen and oxygen atoms in total. The first-order valence-corrected chi connectivity index (χ1v) is 6.14. The van der Waals surface area contributed by atoms with Crippen molar-refractivity contribution in [2.24, 2.45) is 0 Å². The van der Waals surface area contributed by atoms with Crippen molar-refractivity contribution < 1.29 is 4.42 Å². The van der Waals surface area contributed by atoms with Gasteiger partial charge in [0.2, 0.25) is 5.89 Å². The molecule has 0 aliphatic carbocycles. The van der Waals surface area contributed by atoms with Crippen LogP contribution in [0.15, 0.2) is 34.9 Å². The summed E-state index contributed by atoms with van der Waals surface area (Å²) in [6.07, 6.45) is 1.72. The maximum Gasteiger partial charge on any atom is 0.213 e. The zero-order valence-corrected chi connectivity index (χ0v) is 10.1. The number of benzene rings is 1. The number of oxazole rings is 1. The minimum absolute atomic E-state index is 0.563. The van der Waals surface area contributed by atoms with Gasteiger partial charge in [0.05, 0.1) is 23.0 Å². The van der Waals surface area contributed by atoms with Gasteiger partial charge in [0.1, 0.15) is 5.76 Å². The molecule has 0 bridgehead atoms. The second-order valence-corrected chi connectivity index (χ2v) is 4.74. The lowest BCUT2D eigenvalue weighted by molar-refractivity contribution is 0.479. The molecule has 0 aliphatic rings. The highest BCUT2D eigenvalue weighted by molar-refractivity contribution is 7.22. The van der Waals surface area contributed by atoms with E-state index >= 15 is 0 Å². The minimum atomic E-state index is 0.563. The van der Waals surface area contributed by atoms with Crippen LogP contribution in [0.1, 0.15) is 11.7 Å². The van der Waals surface area contributed by atoms with Gasteiger partial charge in [-0.3, -0.25) is 0 Å². The van der Waals surface area contributed by atoms with Gasteiger partial charge in [0.15, 0.2) is 5.13 Å². The maximum absolute atomic E-state index is 5.38. The Morgan fingerprint density at radius 2 is 2.24 bits per heavy atom. The third kappa shape index (κ3) is 2.14. The van der Waals surface area contributed by atoms with Crippen LogP contribution in [0.25, 0.3) is 10.2 Å². The number of aryl methyl sites for hydroxylation is 1. The van der Waals surface area contributed by atoms with E-state index in [-0.39, 0.29) is 0 Å². The average molecular weight is 245 g/mol. The Balaban J connectivity index is 1.76. The fourth-order valence-electron chi connectivity index (χ4n) is 1.58. The molecule has 0 atom stereocenters. The summed E-state index contributed by atoms with van der Waals surface area (Å²) in [4.78, 5) is 8.60. The monoisotopic (exact) mass is 245 g/mol. The van der Waals surface area contributed by atoms with Gasteiger partial charge < -0.3 is 9.73 Å². The molecule has 0 fully saturated rings. The average Bonchev–Trinajstić information content (AvgIpc) is 2.91. The Morgan fingerprint density at radius 3 is 3.00 bits per heavy atom. The molecule has 0 saturated heterocycles. The lowest BCUT2D eigenvalue weighted by Crippen LogP contribution is -1.98. The van der Waals surface area contributed by atoms with Crippen molar-refractivity contribution in [2.45, 2.75) is 13.5 Å². The molecule has 5 heteroatoms. The molecule has 2 aromatic heterocycles. The van der Waals surface area contributed by atoms with Crippen molar-refractivity contribution in [1.82, 2.24) is 9.97 Å². The Labute approximate surface area is 102 Å². The van der Waals surface area contributed by atoms with E-state index in [1.165, 1.54) is 4.70 Å². The molecule has 3 aromatic rings. The van der Waals surface area contributed by atoms with Gasteiger partial charge in [-0.05, 0) is 19.1 Å². The van der Waals surface area contributed by atoms with Crippen LogP contribution in [0.4, 0.5) is 5.13 Å². The highest BCUT2D eigenvalue weighted by Crippen LogP contribution is 2.25. The standard InChI is InChI=1S/C12H11N3OS/c1-8-6-13-11(16-8)7-14-12-15-9-4-2-3-5-10(9)17-12/h2-6H,7H2,1H3,(H,14,15). The Kier molecular flexibility index (Phi) is 2.53. The topological polar surface area (TPSA) is 51.0 Å². The molecule has 1 N–H and O–H groups in total. The number of nitrogens with zero attached hydrogens (tertiary/aromatic N) is 2. The van der Waals surface area contributed by atoms with Crippen LogP contribution in [-0.4, -0.2) is 9.97 Å². The highest BCUT2D eigenvalue weighted by Gasteiger charge is 2.04. The quantitative estimate of drug-likeness (QED) is 0.769. The fourth-order valence-corrected chi connectivity index (χ4v) is 2.44. The molecular formula is C12H11N3OS. The van der Waals surface area contributed by atoms with Crippen LogP contribution >= 0.6 is 11.3 Å². The number of anilines is 1. The van der Waals surface area contributed by atoms with Crippen molar-refractivity contribution in [1.29, 1.82) is 0 Å². The molecule has 86 valence electrons. The van der Waals surface area contributed by atoms with E-state index < -0.39 is 0 Å². The van der Waals surface area contributed by atoms with Gasteiger partial charge in [0, 0.05) is 0 Å². The zero-order chi connectivity index (χ0) is 11.7. The summed E-state index contributed by atoms with van der Waals surface area (Å²) in [5.74, 6) is 1.51. The maximum atomic E-state index is 5.38. The first kappa shape index (κ1) is 10.3. The van der Waals surface area contributed by atoms with E-state index in [1.54, 1.807) is 17.5 Å². The second-order valence-electron chi connectivity index (χ2n) is 3.70. The van der Waals surface area contributed by atoms with Gasteiger partial charge in [-0.1, -0.05) is 23.5 Å². The summed E-state index contributed by atoms with van der Waals surface area (Å²) >= 11 is 1.63. The molecule has 0 spiro atoms. The summed E-state index contributed by atoms with van der Waals surface area (Å²) in [6.45, 7) is 2.45. The van der Waals surface area contributed by atoms with Gasteiger partial charge in [0.25, 0.3) is 0 Å². The predicted molar refractivity (Wildman–Crippen MR) is 68.2 cm³/mol. The molecule has 1 aromatic carbocycles. The van der Waals surface area contributed by atoms with Gasteiger partial charge in [-0.25, -0.2) is 9.97 Å². The molecule has 0 amide bonds. The Hall–Kier alpha value is -1.88. The zero-order valence-electron chi connectivity index (χ0n) is 9.30. The lowest BCUT2D eigenvalue weighted by Gasteiger charge is -1.96. The van der Waals surface area contributed by atoms with E-state index in [1.807, 2.05) is 25.1 Å². The van der Waals surface area contributed by atoms with Gasteiger partial charge in [-0.15, -0.1) is 0 Å². The molecule has 0 radical (unpaired) electrons. The van der Waals surface area contributed by atoms with Gasteiger partial charge in [-0.2, -0.15) is 0 Å². The number of thiazole rings is 1. The molecular weight excluding hydrogens is 234 g/mol. The molecule has 2 heterocycles. The fraction of sp³-hybridized carbons (Fsp3) is 0.167. The van der Waals surface area contributed by atoms with Crippen LogP contribution in [0, 0.1) is 6.92 Å². The number of hydrogen-bond acceptors (Lipinski definition) is 5. The highest BCUT2D eigenvalue weighted by atomic mass is 32.1. The Morgan fingerprint density at radius 1 is 1.35 bits per heavy atom. The smallest absolute Gasteiger partial charge is 0.213 e. The van der Waals surface area contributed by atoms with Crippen LogP contribution in [-0.2, 0) is 6.54 Å². The predicted octanol–water partition coefficient (Wildman–Crippen LogP) is 3.20. The van der Waals surface area contributed by atoms with E-state index in [4.69, 9.17) is 4.42 Å². The Bertz CT molecular complexity index is 611. The van der Waals surface area contributed by atoms with E-state index in [0.717, 1.165) is 16.4 Å². The van der Waals surface area contributed by atoms with Crippen LogP contribution < -0.4 is 5.32 Å². The van der Waals surface area contributed by atoms with E-state index in [0.29, 0.717) is 12.4 Å². The van der Waals surface area contributed by atoms with Crippen LogP contribution in [0.5, 0.6) is 0 Å². The largest absolute Gasteiger partial charge is 0.444 e. The first-order valence-electron chi connectivity index (χ1n) is 5.32. The number of nitrogens with one attached hydrogen (secondary N) is 1. The van der Waals surface area contributed by atoms with Crippen molar-refractivity contribution >= 4 is 26.7 Å². The van der Waals surface area contributed by atoms with Crippen molar-refractivity contribution in [3.05, 3.63) is 42.1 Å². The summed E-state index contributed by atoms with van der Waals surface area (Å²) in [6, 6.07) is 8.07. The number of aromatic nitrogens is 2. The number of para-hydroxylation sites is 1. The van der Waals surface area contributed by atoms with Crippen molar-refractivity contribution in [2.75, 3.05) is 5.32 Å². The second kappa shape index (κ2) is 4.18. The van der Waals surface area contributed by atoms with Gasteiger partial charge >= 0.3 is 0 Å². The lowest BCUT2D eigenvalue weighted by atomic mass is 10.3. The van der Waals surface area contributed by atoms with Crippen LogP contribution in [0.3, 0.4) is 0 Å². The summed E-state index contributed by atoms with van der Waals surface area (Å²) in [7, 11) is 0. The SMILES string of the molecule is Cc1cnc(CNc2nc3ccccc3s2)o1. The van der Waals surface area contributed by atoms with Crippen molar-refractivity contribution in [3.8, 4) is 0 Å². The normalized spacial score (nSPS) is 10.9. The summed E-state index contributed by atoms with van der Waals surface area (Å²) < 4.78 is 6.56. The minimum Gasteiger partial charge on any atom is -0.444 e. The van der Waals surface area contributed by atoms with E-state index in [9.17, 15) is 0 Å². The molecule has 17 heavy (non-hydrogen) atoms. The third-order valence-electron chi connectivity index (χ3n) is 2.35.